The van der Waals surface area contributed by atoms with Crippen molar-refractivity contribution in [2.24, 2.45) is 5.92 Å². The van der Waals surface area contributed by atoms with E-state index in [4.69, 9.17) is 4.74 Å². The number of halogens is 1. The number of esters is 1. The van der Waals surface area contributed by atoms with Gasteiger partial charge in [-0.1, -0.05) is 22.0 Å². The summed E-state index contributed by atoms with van der Waals surface area (Å²) in [5.41, 5.74) is 3.01. The van der Waals surface area contributed by atoms with Gasteiger partial charge in [-0.15, -0.1) is 0 Å². The number of benzene rings is 1. The molecule has 1 aromatic carbocycles. The molecule has 19 heavy (non-hydrogen) atoms. The molecule has 0 saturated carbocycles. The normalized spacial score (nSPS) is 18.8. The largest absolute Gasteiger partial charge is 0.469 e. The molecule has 1 aliphatic heterocycles. The second kappa shape index (κ2) is 5.33. The number of methoxy groups -OCH3 is 1. The summed E-state index contributed by atoms with van der Waals surface area (Å²) < 4.78 is 5.67. The van der Waals surface area contributed by atoms with E-state index >= 15 is 0 Å². The molecule has 1 aliphatic rings. The smallest absolute Gasteiger partial charge is 0.311 e. The predicted molar refractivity (Wildman–Crippen MR) is 76.1 cm³/mol. The highest BCUT2D eigenvalue weighted by Gasteiger charge is 2.36. The summed E-state index contributed by atoms with van der Waals surface area (Å²) in [6.45, 7) is 4.36. The Labute approximate surface area is 120 Å². The lowest BCUT2D eigenvalue weighted by molar-refractivity contribution is -0.145. The average molecular weight is 326 g/mol. The number of ether oxygens (including phenoxy) is 1. The number of amides is 1. The summed E-state index contributed by atoms with van der Waals surface area (Å²) in [6.07, 6.45) is 0.220. The number of nitrogens with zero attached hydrogens (tertiary/aromatic N) is 1. The number of hydrogen-bond acceptors (Lipinski definition) is 3. The van der Waals surface area contributed by atoms with Gasteiger partial charge in [-0.3, -0.25) is 9.59 Å². The van der Waals surface area contributed by atoms with Crippen LogP contribution in [0.5, 0.6) is 0 Å². The van der Waals surface area contributed by atoms with Crippen molar-refractivity contribution < 1.29 is 14.3 Å². The Morgan fingerprint density at radius 3 is 2.68 bits per heavy atom. The molecule has 1 unspecified atom stereocenters. The molecule has 0 aromatic heterocycles. The summed E-state index contributed by atoms with van der Waals surface area (Å²) >= 11 is 3.48. The Morgan fingerprint density at radius 2 is 2.05 bits per heavy atom. The number of rotatable bonds is 2. The van der Waals surface area contributed by atoms with Gasteiger partial charge in [-0.2, -0.15) is 0 Å². The number of aryl methyl sites for hydroxylation is 2. The van der Waals surface area contributed by atoms with Gasteiger partial charge in [0.25, 0.3) is 0 Å². The Kier molecular flexibility index (Phi) is 3.94. The molecule has 0 spiro atoms. The number of hydrogen-bond donors (Lipinski definition) is 0. The molecule has 1 atom stereocenters. The first kappa shape index (κ1) is 14.1. The minimum atomic E-state index is -0.364. The molecular weight excluding hydrogens is 310 g/mol. The van der Waals surface area contributed by atoms with Crippen molar-refractivity contribution in [1.29, 1.82) is 0 Å². The Morgan fingerprint density at radius 1 is 1.37 bits per heavy atom. The van der Waals surface area contributed by atoms with Gasteiger partial charge in [0.1, 0.15) is 0 Å². The second-order valence-electron chi connectivity index (χ2n) is 4.82. The summed E-state index contributed by atoms with van der Waals surface area (Å²) in [6, 6.07) is 3.96. The zero-order valence-corrected chi connectivity index (χ0v) is 12.8. The van der Waals surface area contributed by atoms with Crippen LogP contribution in [0.15, 0.2) is 16.6 Å². The summed E-state index contributed by atoms with van der Waals surface area (Å²) in [5, 5.41) is 0. The predicted octanol–water partition coefficient (Wildman–Crippen LogP) is 2.59. The third kappa shape index (κ3) is 2.66. The van der Waals surface area contributed by atoms with Gasteiger partial charge in [-0.25, -0.2) is 0 Å². The van der Waals surface area contributed by atoms with E-state index in [-0.39, 0.29) is 24.2 Å². The van der Waals surface area contributed by atoms with E-state index in [1.165, 1.54) is 7.11 Å². The van der Waals surface area contributed by atoms with Gasteiger partial charge in [0.05, 0.1) is 13.0 Å². The van der Waals surface area contributed by atoms with E-state index in [9.17, 15) is 9.59 Å². The van der Waals surface area contributed by atoms with Crippen molar-refractivity contribution in [3.63, 3.8) is 0 Å². The van der Waals surface area contributed by atoms with E-state index in [1.807, 2.05) is 26.0 Å². The first-order valence-electron chi connectivity index (χ1n) is 6.09. The number of carbonyl (C=O) groups excluding carboxylic acids is 2. The molecule has 0 radical (unpaired) electrons. The highest BCUT2D eigenvalue weighted by Crippen LogP contribution is 2.32. The maximum absolute atomic E-state index is 12.1. The molecule has 1 saturated heterocycles. The number of anilines is 1. The zero-order valence-electron chi connectivity index (χ0n) is 11.2. The van der Waals surface area contributed by atoms with Crippen molar-refractivity contribution in [1.82, 2.24) is 0 Å². The van der Waals surface area contributed by atoms with Crippen LogP contribution in [-0.2, 0) is 14.3 Å². The molecule has 102 valence electrons. The van der Waals surface area contributed by atoms with Crippen LogP contribution in [0.4, 0.5) is 5.69 Å². The van der Waals surface area contributed by atoms with Crippen molar-refractivity contribution in [2.75, 3.05) is 18.6 Å². The van der Waals surface area contributed by atoms with Gasteiger partial charge < -0.3 is 9.64 Å². The van der Waals surface area contributed by atoms with Crippen molar-refractivity contribution in [3.05, 3.63) is 27.7 Å². The minimum Gasteiger partial charge on any atom is -0.469 e. The molecular formula is C14H16BrNO3. The fourth-order valence-corrected chi connectivity index (χ4v) is 2.70. The average Bonchev–Trinajstić information content (AvgIpc) is 2.75. The first-order chi connectivity index (χ1) is 8.93. The molecule has 0 bridgehead atoms. The van der Waals surface area contributed by atoms with Crippen LogP contribution >= 0.6 is 15.9 Å². The maximum atomic E-state index is 12.1. The monoisotopic (exact) mass is 325 g/mol. The molecule has 0 N–H and O–H groups in total. The van der Waals surface area contributed by atoms with Crippen LogP contribution in [0.3, 0.4) is 0 Å². The quantitative estimate of drug-likeness (QED) is 0.785. The molecule has 1 aromatic rings. The van der Waals surface area contributed by atoms with Gasteiger partial charge in [0.2, 0.25) is 5.91 Å². The molecule has 1 amide bonds. The standard InChI is InChI=1S/C14H16BrNO3/c1-8-4-9(2)12(6-11(8)15)16-7-10(5-13(16)17)14(18)19-3/h4,6,10H,5,7H2,1-3H3. The van der Waals surface area contributed by atoms with E-state index in [0.29, 0.717) is 6.54 Å². The Bertz CT molecular complexity index is 542. The highest BCUT2D eigenvalue weighted by atomic mass is 79.9. The third-order valence-corrected chi connectivity index (χ3v) is 4.28. The second-order valence-corrected chi connectivity index (χ2v) is 5.67. The maximum Gasteiger partial charge on any atom is 0.311 e. The van der Waals surface area contributed by atoms with Crippen molar-refractivity contribution >= 4 is 33.5 Å². The van der Waals surface area contributed by atoms with E-state index in [2.05, 4.69) is 15.9 Å². The van der Waals surface area contributed by atoms with Crippen LogP contribution in [0.25, 0.3) is 0 Å². The third-order valence-electron chi connectivity index (χ3n) is 3.43. The van der Waals surface area contributed by atoms with Crippen LogP contribution in [0.1, 0.15) is 17.5 Å². The fraction of sp³-hybridized carbons (Fsp3) is 0.429. The van der Waals surface area contributed by atoms with Crippen LogP contribution < -0.4 is 4.90 Å². The van der Waals surface area contributed by atoms with Gasteiger partial charge in [-0.05, 0) is 31.0 Å². The van der Waals surface area contributed by atoms with Gasteiger partial charge >= 0.3 is 5.97 Å². The molecule has 1 fully saturated rings. The van der Waals surface area contributed by atoms with Crippen LogP contribution in [0.2, 0.25) is 0 Å². The lowest BCUT2D eigenvalue weighted by atomic mass is 10.1. The molecule has 4 nitrogen and oxygen atoms in total. The molecule has 0 aliphatic carbocycles. The van der Waals surface area contributed by atoms with E-state index < -0.39 is 0 Å². The summed E-state index contributed by atoms with van der Waals surface area (Å²) in [7, 11) is 1.35. The first-order valence-corrected chi connectivity index (χ1v) is 6.88. The topological polar surface area (TPSA) is 46.6 Å². The van der Waals surface area contributed by atoms with Gasteiger partial charge in [0.15, 0.2) is 0 Å². The SMILES string of the molecule is COC(=O)C1CC(=O)N(c2cc(Br)c(C)cc2C)C1. The zero-order chi connectivity index (χ0) is 14.2. The van der Waals surface area contributed by atoms with Gasteiger partial charge in [0, 0.05) is 23.1 Å². The lowest BCUT2D eigenvalue weighted by Gasteiger charge is -2.20. The molecule has 5 heteroatoms. The Balaban J connectivity index is 2.30. The highest BCUT2D eigenvalue weighted by molar-refractivity contribution is 9.10. The minimum absolute atomic E-state index is 0.0331. The molecule has 1 heterocycles. The van der Waals surface area contributed by atoms with Crippen molar-refractivity contribution in [3.8, 4) is 0 Å². The summed E-state index contributed by atoms with van der Waals surface area (Å²) in [5.74, 6) is -0.717. The van der Waals surface area contributed by atoms with Crippen LogP contribution in [-0.4, -0.2) is 25.5 Å². The molecule has 2 rings (SSSR count). The van der Waals surface area contributed by atoms with E-state index in [1.54, 1.807) is 4.90 Å². The lowest BCUT2D eigenvalue weighted by Crippen LogP contribution is -2.26. The Hall–Kier alpha value is -1.36. The summed E-state index contributed by atoms with van der Waals surface area (Å²) in [4.78, 5) is 25.3. The van der Waals surface area contributed by atoms with E-state index in [0.717, 1.165) is 21.3 Å². The number of carbonyl (C=O) groups is 2. The fourth-order valence-electron chi connectivity index (χ4n) is 2.37. The van der Waals surface area contributed by atoms with Crippen molar-refractivity contribution in [2.45, 2.75) is 20.3 Å². The van der Waals surface area contributed by atoms with Crippen LogP contribution in [0, 0.1) is 19.8 Å².